The molecule has 1 rings (SSSR count). The molecule has 0 aliphatic heterocycles. The number of carbonyl (C=O) groups excluding carboxylic acids is 1. The van der Waals surface area contributed by atoms with Gasteiger partial charge in [-0.2, -0.15) is 12.6 Å². The van der Waals surface area contributed by atoms with Crippen LogP contribution in [0.15, 0.2) is 30.3 Å². The molecule has 0 amide bonds. The Labute approximate surface area is 97.8 Å². The molecule has 0 saturated heterocycles. The molecule has 5 nitrogen and oxygen atoms in total. The van der Waals surface area contributed by atoms with Gasteiger partial charge in [0.25, 0.3) is 0 Å². The molecule has 0 bridgehead atoms. The van der Waals surface area contributed by atoms with Crippen LogP contribution in [-0.4, -0.2) is 28.8 Å². The van der Waals surface area contributed by atoms with Crippen LogP contribution in [-0.2, 0) is 9.63 Å². The van der Waals surface area contributed by atoms with Gasteiger partial charge in [0.2, 0.25) is 0 Å². The van der Waals surface area contributed by atoms with E-state index in [1.807, 2.05) is 0 Å². The van der Waals surface area contributed by atoms with E-state index in [9.17, 15) is 9.59 Å². The summed E-state index contributed by atoms with van der Waals surface area (Å²) in [5.74, 6) is -1.73. The molecule has 0 aromatic heterocycles. The Kier molecular flexibility index (Phi) is 4.81. The number of benzene rings is 1. The lowest BCUT2D eigenvalue weighted by Gasteiger charge is -2.11. The zero-order valence-electron chi connectivity index (χ0n) is 8.29. The molecular weight excluding hydrogens is 230 g/mol. The third kappa shape index (κ3) is 3.56. The highest BCUT2D eigenvalue weighted by Crippen LogP contribution is 2.00. The molecule has 16 heavy (non-hydrogen) atoms. The molecular formula is C10H11NO4S. The topological polar surface area (TPSA) is 75.6 Å². The van der Waals surface area contributed by atoms with Crippen molar-refractivity contribution >= 4 is 24.6 Å². The van der Waals surface area contributed by atoms with Crippen molar-refractivity contribution in [3.63, 3.8) is 0 Å². The summed E-state index contributed by atoms with van der Waals surface area (Å²) in [6, 6.07) is 7.25. The van der Waals surface area contributed by atoms with Crippen molar-refractivity contribution in [2.24, 2.45) is 0 Å². The van der Waals surface area contributed by atoms with Gasteiger partial charge >= 0.3 is 11.9 Å². The molecule has 86 valence electrons. The second-order valence-electron chi connectivity index (χ2n) is 2.95. The van der Waals surface area contributed by atoms with Gasteiger partial charge < -0.3 is 9.94 Å². The van der Waals surface area contributed by atoms with E-state index in [4.69, 9.17) is 5.11 Å². The molecule has 0 fully saturated rings. The summed E-state index contributed by atoms with van der Waals surface area (Å²) >= 11 is 3.81. The number of aliphatic carboxylic acids is 1. The Bertz CT molecular complexity index is 368. The largest absolute Gasteiger partial charge is 0.480 e. The maximum absolute atomic E-state index is 11.4. The number of thiol groups is 1. The molecule has 0 aliphatic rings. The minimum atomic E-state index is -1.13. The number of hydroxylamine groups is 1. The van der Waals surface area contributed by atoms with Crippen molar-refractivity contribution < 1.29 is 19.5 Å². The van der Waals surface area contributed by atoms with Crippen molar-refractivity contribution in [2.75, 3.05) is 5.75 Å². The first kappa shape index (κ1) is 12.5. The highest BCUT2D eigenvalue weighted by Gasteiger charge is 2.17. The average molecular weight is 241 g/mol. The quantitative estimate of drug-likeness (QED) is 0.523. The average Bonchev–Trinajstić information content (AvgIpc) is 2.30. The summed E-state index contributed by atoms with van der Waals surface area (Å²) in [4.78, 5) is 26.6. The number of carbonyl (C=O) groups is 2. The predicted molar refractivity (Wildman–Crippen MR) is 60.3 cm³/mol. The first-order valence-corrected chi connectivity index (χ1v) is 5.14. The van der Waals surface area contributed by atoms with Crippen LogP contribution < -0.4 is 5.48 Å². The Morgan fingerprint density at radius 1 is 1.38 bits per heavy atom. The van der Waals surface area contributed by atoms with Crippen LogP contribution >= 0.6 is 12.6 Å². The summed E-state index contributed by atoms with van der Waals surface area (Å²) in [7, 11) is 0. The van der Waals surface area contributed by atoms with E-state index in [2.05, 4.69) is 22.9 Å². The Morgan fingerprint density at radius 3 is 2.50 bits per heavy atom. The molecule has 0 heterocycles. The second-order valence-corrected chi connectivity index (χ2v) is 3.31. The Morgan fingerprint density at radius 2 is 2.00 bits per heavy atom. The molecule has 6 heteroatoms. The smallest absolute Gasteiger partial charge is 0.356 e. The Hall–Kier alpha value is -1.53. The van der Waals surface area contributed by atoms with E-state index < -0.39 is 18.0 Å². The SMILES string of the molecule is O=C(ONC(CS)C(=O)O)c1ccccc1. The van der Waals surface area contributed by atoms with E-state index in [1.54, 1.807) is 30.3 Å². The van der Waals surface area contributed by atoms with E-state index >= 15 is 0 Å². The standard InChI is InChI=1S/C10H11NO4S/c12-9(13)8(6-16)11-15-10(14)7-4-2-1-3-5-7/h1-5,8,11,16H,6H2,(H,12,13). The second kappa shape index (κ2) is 6.14. The predicted octanol–water partition coefficient (Wildman–Crippen LogP) is 0.731. The third-order valence-corrected chi connectivity index (χ3v) is 2.15. The van der Waals surface area contributed by atoms with Crippen LogP contribution in [0.1, 0.15) is 10.4 Å². The summed E-state index contributed by atoms with van der Waals surface area (Å²) < 4.78 is 0. The first-order chi connectivity index (χ1) is 7.65. The molecule has 1 aromatic rings. The third-order valence-electron chi connectivity index (χ3n) is 1.78. The highest BCUT2D eigenvalue weighted by molar-refractivity contribution is 7.80. The van der Waals surface area contributed by atoms with Gasteiger partial charge in [-0.3, -0.25) is 4.79 Å². The van der Waals surface area contributed by atoms with Gasteiger partial charge in [-0.15, -0.1) is 5.48 Å². The maximum atomic E-state index is 11.4. The van der Waals surface area contributed by atoms with Gasteiger partial charge in [0.05, 0.1) is 5.56 Å². The van der Waals surface area contributed by atoms with Gasteiger partial charge in [0.1, 0.15) is 6.04 Å². The maximum Gasteiger partial charge on any atom is 0.356 e. The molecule has 0 spiro atoms. The van der Waals surface area contributed by atoms with Crippen molar-refractivity contribution in [2.45, 2.75) is 6.04 Å². The molecule has 2 N–H and O–H groups in total. The number of hydrogen-bond acceptors (Lipinski definition) is 5. The van der Waals surface area contributed by atoms with E-state index in [-0.39, 0.29) is 5.75 Å². The van der Waals surface area contributed by atoms with Crippen LogP contribution in [0.25, 0.3) is 0 Å². The molecule has 0 radical (unpaired) electrons. The summed E-state index contributed by atoms with van der Waals surface area (Å²) in [6.07, 6.45) is 0. The number of rotatable bonds is 5. The first-order valence-electron chi connectivity index (χ1n) is 4.50. The number of carboxylic acid groups (broad SMARTS) is 1. The zero-order chi connectivity index (χ0) is 12.0. The van der Waals surface area contributed by atoms with Crippen LogP contribution in [0.4, 0.5) is 0 Å². The monoisotopic (exact) mass is 241 g/mol. The lowest BCUT2D eigenvalue weighted by Crippen LogP contribution is -2.39. The highest BCUT2D eigenvalue weighted by atomic mass is 32.1. The van der Waals surface area contributed by atoms with Crippen LogP contribution in [0.5, 0.6) is 0 Å². The fraction of sp³-hybridized carbons (Fsp3) is 0.200. The van der Waals surface area contributed by atoms with Crippen molar-refractivity contribution in [3.05, 3.63) is 35.9 Å². The molecule has 1 unspecified atom stereocenters. The summed E-state index contributed by atoms with van der Waals surface area (Å²) in [5, 5.41) is 8.65. The van der Waals surface area contributed by atoms with Gasteiger partial charge in [-0.1, -0.05) is 18.2 Å². The van der Waals surface area contributed by atoms with E-state index in [0.717, 1.165) is 0 Å². The molecule has 1 atom stereocenters. The van der Waals surface area contributed by atoms with E-state index in [1.165, 1.54) is 0 Å². The number of carboxylic acids is 1. The van der Waals surface area contributed by atoms with Gasteiger partial charge in [0, 0.05) is 5.75 Å². The normalized spacial score (nSPS) is 11.8. The van der Waals surface area contributed by atoms with E-state index in [0.29, 0.717) is 5.56 Å². The number of hydrogen-bond donors (Lipinski definition) is 3. The Balaban J connectivity index is 2.50. The summed E-state index contributed by atoms with van der Waals surface area (Å²) in [5.41, 5.74) is 2.49. The molecule has 1 aromatic carbocycles. The molecule has 0 saturated carbocycles. The van der Waals surface area contributed by atoms with Gasteiger partial charge in [-0.05, 0) is 12.1 Å². The lowest BCUT2D eigenvalue weighted by atomic mass is 10.2. The van der Waals surface area contributed by atoms with Gasteiger partial charge in [-0.25, -0.2) is 4.79 Å². The fourth-order valence-corrected chi connectivity index (χ4v) is 1.15. The van der Waals surface area contributed by atoms with Crippen molar-refractivity contribution in [3.8, 4) is 0 Å². The number of nitrogens with one attached hydrogen (secondary N) is 1. The van der Waals surface area contributed by atoms with Crippen LogP contribution in [0.3, 0.4) is 0 Å². The van der Waals surface area contributed by atoms with Crippen LogP contribution in [0.2, 0.25) is 0 Å². The summed E-state index contributed by atoms with van der Waals surface area (Å²) in [6.45, 7) is 0. The fourth-order valence-electron chi connectivity index (χ4n) is 0.924. The minimum absolute atomic E-state index is 0.0252. The van der Waals surface area contributed by atoms with Crippen LogP contribution in [0, 0.1) is 0 Å². The van der Waals surface area contributed by atoms with Gasteiger partial charge in [0.15, 0.2) is 0 Å². The zero-order valence-corrected chi connectivity index (χ0v) is 9.18. The van der Waals surface area contributed by atoms with Crippen molar-refractivity contribution in [1.29, 1.82) is 0 Å². The minimum Gasteiger partial charge on any atom is -0.480 e. The lowest BCUT2D eigenvalue weighted by molar-refractivity contribution is -0.141. The van der Waals surface area contributed by atoms with Crippen molar-refractivity contribution in [1.82, 2.24) is 5.48 Å². The molecule has 0 aliphatic carbocycles.